The van der Waals surface area contributed by atoms with Gasteiger partial charge in [0.05, 0.1) is 0 Å². The third-order valence-corrected chi connectivity index (χ3v) is 6.89. The van der Waals surface area contributed by atoms with Gasteiger partial charge < -0.3 is 25.2 Å². The first kappa shape index (κ1) is 32.8. The van der Waals surface area contributed by atoms with Crippen LogP contribution in [-0.4, -0.2) is 78.1 Å². The maximum atomic E-state index is 14.0. The second-order valence-corrected chi connectivity index (χ2v) is 14.3. The lowest BCUT2D eigenvalue weighted by Gasteiger charge is -2.60. The van der Waals surface area contributed by atoms with Crippen molar-refractivity contribution in [1.29, 1.82) is 0 Å². The molecule has 4 N–H and O–H groups in total. The zero-order valence-corrected chi connectivity index (χ0v) is 24.2. The van der Waals surface area contributed by atoms with E-state index in [0.29, 0.717) is 0 Å². The Kier molecular flexibility index (Phi) is 8.39. The summed E-state index contributed by atoms with van der Waals surface area (Å²) in [5, 5.41) is 47.5. The number of carbonyl (C=O) groups is 4. The van der Waals surface area contributed by atoms with Crippen LogP contribution >= 0.6 is 11.6 Å². The molecule has 0 amide bonds. The van der Waals surface area contributed by atoms with Gasteiger partial charge in [-0.25, -0.2) is 0 Å². The molecule has 0 radical (unpaired) electrons. The molecule has 1 unspecified atom stereocenters. The highest BCUT2D eigenvalue weighted by atomic mass is 35.5. The van der Waals surface area contributed by atoms with Gasteiger partial charge in [0.1, 0.15) is 12.2 Å². The first-order chi connectivity index (χ1) is 15.5. The van der Waals surface area contributed by atoms with Gasteiger partial charge in [0.15, 0.2) is 34.3 Å². The SMILES string of the molecule is CC(C)(C)C(=O)C(O)[C@H]1O[C@H](Cl)[C@@](O)(C(=O)C(C)(C)C)[C@](O)(C(=O)C(C)(C)C)[C@@]1(O)C(=O)C(C)(C)C. The number of aliphatic hydroxyl groups is 4. The normalized spacial score (nSPS) is 33.1. The summed E-state index contributed by atoms with van der Waals surface area (Å²) in [6.45, 7) is 16.7. The van der Waals surface area contributed by atoms with Gasteiger partial charge in [0.25, 0.3) is 0 Å². The molecule has 0 aromatic carbocycles. The number of carbonyl (C=O) groups excluding carboxylic acids is 4. The van der Waals surface area contributed by atoms with Gasteiger partial charge in [0, 0.05) is 21.7 Å². The van der Waals surface area contributed by atoms with Crippen molar-refractivity contribution < 1.29 is 44.3 Å². The lowest BCUT2D eigenvalue weighted by Crippen LogP contribution is -2.89. The molecule has 0 aromatic heterocycles. The third-order valence-electron chi connectivity index (χ3n) is 6.47. The Balaban J connectivity index is 4.35. The van der Waals surface area contributed by atoms with E-state index >= 15 is 0 Å². The maximum Gasteiger partial charge on any atom is 0.203 e. The second kappa shape index (κ2) is 9.20. The van der Waals surface area contributed by atoms with E-state index in [0.717, 1.165) is 0 Å². The first-order valence-corrected chi connectivity index (χ1v) is 12.3. The number of ketones is 4. The van der Waals surface area contributed by atoms with Crippen LogP contribution in [-0.2, 0) is 23.9 Å². The topological polar surface area (TPSA) is 158 Å². The molecule has 1 fully saturated rings. The maximum absolute atomic E-state index is 14.0. The molecule has 0 spiro atoms. The summed E-state index contributed by atoms with van der Waals surface area (Å²) in [6.07, 6.45) is -4.57. The van der Waals surface area contributed by atoms with Crippen LogP contribution in [0.1, 0.15) is 83.1 Å². The zero-order valence-electron chi connectivity index (χ0n) is 23.4. The Bertz CT molecular complexity index is 931. The lowest BCUT2D eigenvalue weighted by molar-refractivity contribution is -0.320. The summed E-state index contributed by atoms with van der Waals surface area (Å²) < 4.78 is 5.53. The smallest absolute Gasteiger partial charge is 0.203 e. The van der Waals surface area contributed by atoms with E-state index in [2.05, 4.69) is 0 Å². The van der Waals surface area contributed by atoms with Gasteiger partial charge in [-0.15, -0.1) is 0 Å². The fraction of sp³-hybridized carbons (Fsp3) is 0.846. The van der Waals surface area contributed by atoms with E-state index in [4.69, 9.17) is 16.3 Å². The summed E-state index contributed by atoms with van der Waals surface area (Å²) in [6, 6.07) is 0. The van der Waals surface area contributed by atoms with Crippen molar-refractivity contribution in [3.05, 3.63) is 0 Å². The van der Waals surface area contributed by atoms with Crippen LogP contribution in [0, 0.1) is 21.7 Å². The molecule has 36 heavy (non-hydrogen) atoms. The van der Waals surface area contributed by atoms with E-state index < -0.39 is 79.4 Å². The van der Waals surface area contributed by atoms with Crippen LogP contribution < -0.4 is 0 Å². The Morgan fingerprint density at radius 1 is 0.667 bits per heavy atom. The molecular weight excluding hydrogens is 492 g/mol. The number of halogens is 1. The Hall–Kier alpha value is -1.23. The van der Waals surface area contributed by atoms with Crippen LogP contribution in [0.5, 0.6) is 0 Å². The summed E-state index contributed by atoms with van der Waals surface area (Å²) >= 11 is 6.36. The van der Waals surface area contributed by atoms with Crippen LogP contribution in [0.2, 0.25) is 0 Å². The fourth-order valence-electron chi connectivity index (χ4n) is 4.46. The molecule has 9 nitrogen and oxygen atoms in total. The number of hydrogen-bond acceptors (Lipinski definition) is 9. The van der Waals surface area contributed by atoms with E-state index in [1.807, 2.05) is 0 Å². The highest BCUT2D eigenvalue weighted by molar-refractivity contribution is 6.25. The molecular formula is C26H43ClO9. The molecule has 0 bridgehead atoms. The van der Waals surface area contributed by atoms with E-state index in [1.165, 1.54) is 83.1 Å². The van der Waals surface area contributed by atoms with E-state index in [9.17, 15) is 39.6 Å². The van der Waals surface area contributed by atoms with Gasteiger partial charge in [-0.2, -0.15) is 0 Å². The molecule has 6 atom stereocenters. The molecule has 0 aromatic rings. The number of aliphatic hydroxyl groups excluding tert-OH is 1. The average Bonchev–Trinajstić information content (AvgIpc) is 2.69. The van der Waals surface area contributed by atoms with Crippen molar-refractivity contribution >= 4 is 34.7 Å². The van der Waals surface area contributed by atoms with Crippen LogP contribution in [0.4, 0.5) is 0 Å². The molecule has 1 aliphatic heterocycles. The minimum absolute atomic E-state index is 0.894. The van der Waals surface area contributed by atoms with Crippen molar-refractivity contribution in [1.82, 2.24) is 0 Å². The van der Waals surface area contributed by atoms with Crippen LogP contribution in [0.3, 0.4) is 0 Å². The van der Waals surface area contributed by atoms with Crippen LogP contribution in [0.25, 0.3) is 0 Å². The number of alkyl halides is 1. The van der Waals surface area contributed by atoms with Gasteiger partial charge in [0.2, 0.25) is 11.2 Å². The molecule has 1 saturated heterocycles. The Morgan fingerprint density at radius 2 is 1.00 bits per heavy atom. The molecule has 0 aliphatic carbocycles. The second-order valence-electron chi connectivity index (χ2n) is 13.9. The average molecular weight is 535 g/mol. The summed E-state index contributed by atoms with van der Waals surface area (Å²) in [5.74, 6) is -4.63. The number of rotatable bonds is 5. The van der Waals surface area contributed by atoms with Gasteiger partial charge >= 0.3 is 0 Å². The van der Waals surface area contributed by atoms with Gasteiger partial charge in [-0.05, 0) is 0 Å². The lowest BCUT2D eigenvalue weighted by atomic mass is 9.53. The zero-order chi connectivity index (χ0) is 29.2. The standard InChI is InChI=1S/C26H43ClO9/c1-20(2,3)14(29)13(28)15-24(33,16(30)21(4,5)6)26(35,18(32)23(10,11)12)25(34,19(27)36-15)17(31)22(7,8)9/h13,15,19,28,33-35H,1-12H3/t13?,15-,19+,24+,25+,26+/m1/s1. The Morgan fingerprint density at radius 3 is 1.31 bits per heavy atom. The monoisotopic (exact) mass is 534 g/mol. The van der Waals surface area contributed by atoms with Crippen LogP contribution in [0.15, 0.2) is 0 Å². The van der Waals surface area contributed by atoms with Gasteiger partial charge in [-0.1, -0.05) is 94.7 Å². The molecule has 0 saturated carbocycles. The van der Waals surface area contributed by atoms with E-state index in [1.54, 1.807) is 0 Å². The largest absolute Gasteiger partial charge is 0.382 e. The predicted octanol–water partition coefficient (Wildman–Crippen LogP) is 1.97. The van der Waals surface area contributed by atoms with Crippen molar-refractivity contribution in [2.75, 3.05) is 0 Å². The van der Waals surface area contributed by atoms with Crippen molar-refractivity contribution in [2.24, 2.45) is 21.7 Å². The molecule has 10 heteroatoms. The summed E-state index contributed by atoms with van der Waals surface area (Å²) in [5.41, 5.74) is -18.4. The van der Waals surface area contributed by atoms with Crippen molar-refractivity contribution in [2.45, 2.75) is 118 Å². The number of ether oxygens (including phenoxy) is 1. The molecule has 1 rings (SSSR count). The highest BCUT2D eigenvalue weighted by Crippen LogP contribution is 2.54. The van der Waals surface area contributed by atoms with Crippen molar-refractivity contribution in [3.8, 4) is 0 Å². The number of hydrogen-bond donors (Lipinski definition) is 4. The van der Waals surface area contributed by atoms with Gasteiger partial charge in [-0.3, -0.25) is 19.2 Å². The molecule has 1 aliphatic rings. The van der Waals surface area contributed by atoms with Crippen molar-refractivity contribution in [3.63, 3.8) is 0 Å². The third kappa shape index (κ3) is 4.83. The summed E-state index contributed by atoms with van der Waals surface area (Å²) in [7, 11) is 0. The van der Waals surface area contributed by atoms with E-state index in [-0.39, 0.29) is 0 Å². The molecule has 208 valence electrons. The Labute approximate surface area is 218 Å². The number of Topliss-reactive ketones (excluding diaryl/α,β-unsaturated/α-hetero) is 4. The predicted molar refractivity (Wildman–Crippen MR) is 133 cm³/mol. The highest BCUT2D eigenvalue weighted by Gasteiger charge is 2.82. The minimum Gasteiger partial charge on any atom is -0.382 e. The minimum atomic E-state index is -3.62. The summed E-state index contributed by atoms with van der Waals surface area (Å²) in [4.78, 5) is 54.6. The fourth-order valence-corrected chi connectivity index (χ4v) is 4.83. The quantitative estimate of drug-likeness (QED) is 0.387. The molecule has 1 heterocycles. The first-order valence-electron chi connectivity index (χ1n) is 11.9.